The summed E-state index contributed by atoms with van der Waals surface area (Å²) < 4.78 is 6.45. The number of aromatic nitrogens is 1. The molecule has 0 bridgehead atoms. The summed E-state index contributed by atoms with van der Waals surface area (Å²) in [6, 6.07) is 20.4. The predicted molar refractivity (Wildman–Crippen MR) is 159 cm³/mol. The molecule has 0 fully saturated rings. The number of aliphatic hydroxyl groups excluding tert-OH is 1. The Morgan fingerprint density at radius 2 is 1.80 bits per heavy atom. The normalized spacial score (nSPS) is 17.9. The molecule has 2 aromatic carbocycles. The predicted octanol–water partition coefficient (Wildman–Crippen LogP) is 4.01. The number of carbonyl (C=O) groups excluding carboxylic acids is 1. The zero-order valence-electron chi connectivity index (χ0n) is 24.2. The van der Waals surface area contributed by atoms with Crippen molar-refractivity contribution in [1.29, 1.82) is 0 Å². The first-order valence-corrected chi connectivity index (χ1v) is 13.8. The number of carbonyl (C=O) groups is 1. The molecule has 210 valence electrons. The van der Waals surface area contributed by atoms with E-state index in [1.165, 1.54) is 16.7 Å². The highest BCUT2D eigenvalue weighted by Gasteiger charge is 2.34. The van der Waals surface area contributed by atoms with Gasteiger partial charge in [-0.15, -0.1) is 0 Å². The zero-order chi connectivity index (χ0) is 28.6. The molecule has 0 saturated heterocycles. The molecular weight excluding hydrogens is 500 g/mol. The van der Waals surface area contributed by atoms with E-state index in [2.05, 4.69) is 84.2 Å². The van der Waals surface area contributed by atoms with Gasteiger partial charge in [-0.1, -0.05) is 73.4 Å². The third-order valence-electron chi connectivity index (χ3n) is 7.15. The van der Waals surface area contributed by atoms with Gasteiger partial charge in [0.1, 0.15) is 11.7 Å². The molecule has 0 saturated carbocycles. The maximum atomic E-state index is 13.6. The number of ether oxygens (including phenoxy) is 1. The van der Waals surface area contributed by atoms with Crippen molar-refractivity contribution >= 4 is 5.91 Å². The molecule has 1 aliphatic heterocycles. The van der Waals surface area contributed by atoms with Crippen LogP contribution in [0.1, 0.15) is 35.3 Å². The average Bonchev–Trinajstić information content (AvgIpc) is 2.95. The van der Waals surface area contributed by atoms with Gasteiger partial charge in [0.2, 0.25) is 5.88 Å². The van der Waals surface area contributed by atoms with Gasteiger partial charge in [0.15, 0.2) is 0 Å². The lowest BCUT2D eigenvalue weighted by molar-refractivity contribution is 0.0325. The van der Waals surface area contributed by atoms with Crippen molar-refractivity contribution in [2.24, 2.45) is 5.92 Å². The van der Waals surface area contributed by atoms with Gasteiger partial charge in [-0.2, -0.15) is 0 Å². The van der Waals surface area contributed by atoms with Crippen LogP contribution in [0.4, 0.5) is 0 Å². The van der Waals surface area contributed by atoms with Crippen LogP contribution in [0, 0.1) is 17.8 Å². The Bertz CT molecular complexity index is 1330. The minimum absolute atomic E-state index is 0.0235. The molecule has 40 heavy (non-hydrogen) atoms. The highest BCUT2D eigenvalue weighted by Crippen LogP contribution is 2.28. The summed E-state index contributed by atoms with van der Waals surface area (Å²) in [4.78, 5) is 24.1. The Hall–Kier alpha value is -3.70. The van der Waals surface area contributed by atoms with Crippen LogP contribution >= 0.6 is 0 Å². The second kappa shape index (κ2) is 13.6. The molecule has 1 N–H and O–H groups in total. The summed E-state index contributed by atoms with van der Waals surface area (Å²) >= 11 is 0. The molecule has 0 radical (unpaired) electrons. The van der Waals surface area contributed by atoms with E-state index >= 15 is 0 Å². The van der Waals surface area contributed by atoms with E-state index in [1.807, 2.05) is 32.0 Å². The molecule has 0 spiro atoms. The fraction of sp³-hybridized carbons (Fsp3) is 0.394. The van der Waals surface area contributed by atoms with Crippen LogP contribution in [0.25, 0.3) is 11.1 Å². The number of hydrogen-bond acceptors (Lipinski definition) is 6. The van der Waals surface area contributed by atoms with Crippen molar-refractivity contribution in [2.75, 3.05) is 47.4 Å². The molecule has 4 rings (SSSR count). The number of hydrogen-bond donors (Lipinski definition) is 1. The van der Waals surface area contributed by atoms with Gasteiger partial charge >= 0.3 is 0 Å². The Kier molecular flexibility index (Phi) is 9.94. The Labute approximate surface area is 238 Å². The van der Waals surface area contributed by atoms with Crippen LogP contribution in [-0.2, 0) is 6.54 Å². The first kappa shape index (κ1) is 29.3. The van der Waals surface area contributed by atoms with E-state index in [9.17, 15) is 9.90 Å². The van der Waals surface area contributed by atoms with Crippen LogP contribution in [0.5, 0.6) is 5.88 Å². The number of likely N-dealkylation sites (N-methyl/N-ethyl adjacent to an activating group) is 1. The quantitative estimate of drug-likeness (QED) is 0.436. The maximum Gasteiger partial charge on any atom is 0.259 e. The summed E-state index contributed by atoms with van der Waals surface area (Å²) in [6.45, 7) is 6.33. The summed E-state index contributed by atoms with van der Waals surface area (Å²) in [5.41, 5.74) is 4.66. The molecule has 2 heterocycles. The van der Waals surface area contributed by atoms with Gasteiger partial charge in [0.05, 0.1) is 19.2 Å². The first-order valence-electron chi connectivity index (χ1n) is 13.8. The second-order valence-electron chi connectivity index (χ2n) is 11.0. The smallest absolute Gasteiger partial charge is 0.259 e. The van der Waals surface area contributed by atoms with Crippen LogP contribution in [0.2, 0.25) is 0 Å². The number of benzene rings is 2. The summed E-state index contributed by atoms with van der Waals surface area (Å²) in [5.74, 6) is 6.34. The lowest BCUT2D eigenvalue weighted by atomic mass is 9.99. The van der Waals surface area contributed by atoms with Crippen molar-refractivity contribution in [3.63, 3.8) is 0 Å². The fourth-order valence-corrected chi connectivity index (χ4v) is 4.80. The molecule has 0 unspecified atom stereocenters. The number of pyridine rings is 1. The van der Waals surface area contributed by atoms with Crippen LogP contribution in [0.15, 0.2) is 66.9 Å². The topological polar surface area (TPSA) is 69.1 Å². The standard InChI is InChI=1S/C33H40N4O3/c1-24-20-37(25(2)23-38)33(39)30-18-27(10-9-17-35(3)4)19-34-32(30)40-31(24)22-36(5)21-26-13-15-29(16-14-26)28-11-7-6-8-12-28/h6-8,11-16,18-19,24-25,31,38H,17,20-23H2,1-5H3/t24-,25+,31-/m0/s1. The second-order valence-corrected chi connectivity index (χ2v) is 11.0. The van der Waals surface area contributed by atoms with Gasteiger partial charge in [-0.25, -0.2) is 4.98 Å². The zero-order valence-corrected chi connectivity index (χ0v) is 24.2. The van der Waals surface area contributed by atoms with Crippen molar-refractivity contribution in [2.45, 2.75) is 32.5 Å². The first-order chi connectivity index (χ1) is 19.2. The van der Waals surface area contributed by atoms with Crippen molar-refractivity contribution < 1.29 is 14.6 Å². The van der Waals surface area contributed by atoms with Gasteiger partial charge in [0, 0.05) is 37.3 Å². The maximum absolute atomic E-state index is 13.6. The lowest BCUT2D eigenvalue weighted by Crippen LogP contribution is -2.49. The van der Waals surface area contributed by atoms with E-state index in [1.54, 1.807) is 17.2 Å². The third kappa shape index (κ3) is 7.48. The van der Waals surface area contributed by atoms with Gasteiger partial charge in [-0.05, 0) is 50.8 Å². The van der Waals surface area contributed by atoms with E-state index in [4.69, 9.17) is 4.74 Å². The van der Waals surface area contributed by atoms with Gasteiger partial charge in [0.25, 0.3) is 5.91 Å². The summed E-state index contributed by atoms with van der Waals surface area (Å²) in [7, 11) is 5.99. The van der Waals surface area contributed by atoms with Crippen LogP contribution in [0.3, 0.4) is 0 Å². The number of rotatable bonds is 8. The van der Waals surface area contributed by atoms with Crippen molar-refractivity contribution in [3.05, 3.63) is 83.6 Å². The molecule has 7 heteroatoms. The Morgan fingerprint density at radius 1 is 1.10 bits per heavy atom. The van der Waals surface area contributed by atoms with Gasteiger partial charge in [-0.3, -0.25) is 14.6 Å². The summed E-state index contributed by atoms with van der Waals surface area (Å²) in [5, 5.41) is 9.92. The van der Waals surface area contributed by atoms with E-state index in [-0.39, 0.29) is 30.6 Å². The number of fused-ring (bicyclic) bond motifs is 1. The minimum Gasteiger partial charge on any atom is -0.472 e. The van der Waals surface area contributed by atoms with Crippen LogP contribution < -0.4 is 4.74 Å². The largest absolute Gasteiger partial charge is 0.472 e. The Balaban J connectivity index is 1.53. The molecular formula is C33H40N4O3. The molecule has 3 atom stereocenters. The fourth-order valence-electron chi connectivity index (χ4n) is 4.80. The SMILES string of the molecule is C[C@H](CO)N1C[C@H](C)[C@H](CN(C)Cc2ccc(-c3ccccc3)cc2)Oc2ncc(C#CCN(C)C)cc2C1=O. The average molecular weight is 541 g/mol. The van der Waals surface area contributed by atoms with Crippen LogP contribution in [-0.4, -0.2) is 90.2 Å². The molecule has 0 aliphatic carbocycles. The number of nitrogens with zero attached hydrogens (tertiary/aromatic N) is 4. The van der Waals surface area contributed by atoms with Crippen molar-refractivity contribution in [1.82, 2.24) is 19.7 Å². The molecule has 1 aromatic heterocycles. The highest BCUT2D eigenvalue weighted by molar-refractivity contribution is 5.97. The molecule has 3 aromatic rings. The van der Waals surface area contributed by atoms with E-state index in [0.29, 0.717) is 36.6 Å². The van der Waals surface area contributed by atoms with Crippen molar-refractivity contribution in [3.8, 4) is 28.8 Å². The lowest BCUT2D eigenvalue weighted by Gasteiger charge is -2.37. The Morgan fingerprint density at radius 3 is 2.48 bits per heavy atom. The minimum atomic E-state index is -0.328. The van der Waals surface area contributed by atoms with E-state index < -0.39 is 0 Å². The van der Waals surface area contributed by atoms with Gasteiger partial charge < -0.3 is 14.7 Å². The number of aliphatic hydroxyl groups is 1. The molecule has 1 aliphatic rings. The van der Waals surface area contributed by atoms with E-state index in [0.717, 1.165) is 6.54 Å². The monoisotopic (exact) mass is 540 g/mol. The molecule has 1 amide bonds. The third-order valence-corrected chi connectivity index (χ3v) is 7.15. The summed E-state index contributed by atoms with van der Waals surface area (Å²) in [6.07, 6.45) is 1.46. The number of amides is 1. The molecule has 7 nitrogen and oxygen atoms in total. The highest BCUT2D eigenvalue weighted by atomic mass is 16.5.